The first-order valence-corrected chi connectivity index (χ1v) is 13.5. The summed E-state index contributed by atoms with van der Waals surface area (Å²) in [5.74, 6) is 0.152. The maximum Gasteiger partial charge on any atom is 0.343 e. The minimum absolute atomic E-state index is 0.136. The monoisotopic (exact) mass is 526 g/mol. The van der Waals surface area contributed by atoms with E-state index in [2.05, 4.69) is 14.0 Å². The molecule has 0 spiro atoms. The van der Waals surface area contributed by atoms with Gasteiger partial charge in [-0.3, -0.25) is 4.72 Å². The number of rotatable bonds is 9. The second-order valence-electron chi connectivity index (χ2n) is 8.72. The van der Waals surface area contributed by atoms with Crippen LogP contribution in [-0.4, -0.2) is 32.7 Å². The number of nitrogens with one attached hydrogen (secondary N) is 1. The first-order chi connectivity index (χ1) is 18.4. The van der Waals surface area contributed by atoms with Gasteiger partial charge in [-0.1, -0.05) is 54.6 Å². The first-order valence-electron chi connectivity index (χ1n) is 12.0. The molecule has 7 nitrogen and oxygen atoms in total. The van der Waals surface area contributed by atoms with Crippen LogP contribution in [0.2, 0.25) is 0 Å². The van der Waals surface area contributed by atoms with Gasteiger partial charge >= 0.3 is 5.97 Å². The Bertz CT molecular complexity index is 1660. The van der Waals surface area contributed by atoms with Crippen LogP contribution in [0.1, 0.15) is 5.56 Å². The molecular weight excluding hydrogens is 500 g/mol. The van der Waals surface area contributed by atoms with Crippen molar-refractivity contribution in [1.29, 1.82) is 0 Å². The highest BCUT2D eigenvalue weighted by Crippen LogP contribution is 2.26. The largest absolute Gasteiger partial charge is 0.482 e. The lowest BCUT2D eigenvalue weighted by molar-refractivity contribution is -0.142. The molecule has 0 unspecified atom stereocenters. The summed E-state index contributed by atoms with van der Waals surface area (Å²) in [6, 6.07) is 31.6. The Balaban J connectivity index is 1.27. The molecule has 8 heteroatoms. The van der Waals surface area contributed by atoms with Gasteiger partial charge in [0.1, 0.15) is 5.75 Å². The number of esters is 1. The Hall–Kier alpha value is -4.56. The summed E-state index contributed by atoms with van der Waals surface area (Å²) >= 11 is 0. The molecule has 0 saturated heterocycles. The Labute approximate surface area is 221 Å². The van der Waals surface area contributed by atoms with Crippen LogP contribution in [0.5, 0.6) is 5.75 Å². The lowest BCUT2D eigenvalue weighted by Gasteiger charge is -2.11. The topological polar surface area (TPSA) is 86.6 Å². The molecule has 5 aromatic rings. The van der Waals surface area contributed by atoms with Crippen molar-refractivity contribution >= 4 is 32.6 Å². The predicted molar refractivity (Wildman–Crippen MR) is 148 cm³/mol. The van der Waals surface area contributed by atoms with Crippen LogP contribution >= 0.6 is 0 Å². The molecule has 0 atom stereocenters. The molecule has 0 aliphatic carbocycles. The molecule has 0 amide bonds. The first kappa shape index (κ1) is 25.1. The number of sulfonamides is 1. The van der Waals surface area contributed by atoms with Crippen molar-refractivity contribution in [3.63, 3.8) is 0 Å². The Morgan fingerprint density at radius 1 is 0.842 bits per heavy atom. The van der Waals surface area contributed by atoms with E-state index in [1.54, 1.807) is 18.2 Å². The van der Waals surface area contributed by atoms with Gasteiger partial charge in [0, 0.05) is 29.3 Å². The van der Waals surface area contributed by atoms with Crippen LogP contribution in [0.25, 0.3) is 22.0 Å². The zero-order valence-electron chi connectivity index (χ0n) is 20.7. The maximum absolute atomic E-state index is 13.0. The Morgan fingerprint density at radius 2 is 1.55 bits per heavy atom. The number of hydrogen-bond donors (Lipinski definition) is 1. The van der Waals surface area contributed by atoms with Crippen LogP contribution in [0.4, 0.5) is 5.69 Å². The Morgan fingerprint density at radius 3 is 2.26 bits per heavy atom. The number of aromatic nitrogens is 1. The summed E-state index contributed by atoms with van der Waals surface area (Å²) in [6.45, 7) is 0.489. The third-order valence-corrected chi connectivity index (χ3v) is 7.55. The number of nitrogens with zero attached hydrogens (tertiary/aromatic N) is 1. The van der Waals surface area contributed by atoms with E-state index in [0.29, 0.717) is 18.0 Å². The smallest absolute Gasteiger partial charge is 0.343 e. The average molecular weight is 527 g/mol. The van der Waals surface area contributed by atoms with Crippen molar-refractivity contribution in [3.05, 3.63) is 115 Å². The molecular formula is C30H26N2O5S. The number of methoxy groups -OCH3 is 1. The second kappa shape index (κ2) is 10.8. The molecule has 4 aromatic carbocycles. The summed E-state index contributed by atoms with van der Waals surface area (Å²) < 4.78 is 40.8. The molecule has 0 radical (unpaired) electrons. The van der Waals surface area contributed by atoms with Gasteiger partial charge in [-0.2, -0.15) is 0 Å². The quantitative estimate of drug-likeness (QED) is 0.249. The highest BCUT2D eigenvalue weighted by Gasteiger charge is 2.15. The number of carbonyl (C=O) groups is 1. The van der Waals surface area contributed by atoms with Crippen LogP contribution in [0.3, 0.4) is 0 Å². The van der Waals surface area contributed by atoms with E-state index in [1.807, 2.05) is 91.1 Å². The van der Waals surface area contributed by atoms with Crippen LogP contribution in [0, 0.1) is 0 Å². The van der Waals surface area contributed by atoms with E-state index in [4.69, 9.17) is 4.74 Å². The van der Waals surface area contributed by atoms with E-state index in [-0.39, 0.29) is 11.5 Å². The molecule has 0 aliphatic heterocycles. The predicted octanol–water partition coefficient (Wildman–Crippen LogP) is 5.71. The summed E-state index contributed by atoms with van der Waals surface area (Å²) in [5, 5.41) is 0.919. The van der Waals surface area contributed by atoms with Crippen LogP contribution in [-0.2, 0) is 26.1 Å². The number of hydrogen-bond acceptors (Lipinski definition) is 5. The highest BCUT2D eigenvalue weighted by atomic mass is 32.2. The zero-order valence-corrected chi connectivity index (χ0v) is 21.5. The number of carbonyl (C=O) groups excluding carboxylic acids is 1. The van der Waals surface area contributed by atoms with E-state index in [1.165, 1.54) is 7.11 Å². The minimum atomic E-state index is -3.74. The third-order valence-electron chi connectivity index (χ3n) is 6.16. The fourth-order valence-corrected chi connectivity index (χ4v) is 5.21. The van der Waals surface area contributed by atoms with Gasteiger partial charge in [-0.15, -0.1) is 0 Å². The average Bonchev–Trinajstić information content (AvgIpc) is 3.34. The molecule has 1 aromatic heterocycles. The molecule has 5 rings (SSSR count). The minimum Gasteiger partial charge on any atom is -0.482 e. The van der Waals surface area contributed by atoms with Crippen molar-refractivity contribution in [2.24, 2.45) is 0 Å². The normalized spacial score (nSPS) is 11.3. The molecule has 0 aliphatic rings. The summed E-state index contributed by atoms with van der Waals surface area (Å²) in [7, 11) is -2.42. The summed E-state index contributed by atoms with van der Waals surface area (Å²) in [5.41, 5.74) is 4.51. The van der Waals surface area contributed by atoms with E-state index < -0.39 is 16.0 Å². The second-order valence-corrected chi connectivity index (χ2v) is 10.4. The number of ether oxygens (including phenoxy) is 2. The molecule has 38 heavy (non-hydrogen) atoms. The SMILES string of the molecule is COC(=O)COc1ccc(Cn2ccc3cc(NS(=O)(=O)c4ccc(-c5ccccc5)cc4)ccc32)cc1. The fraction of sp³-hybridized carbons (Fsp3) is 0.100. The van der Waals surface area contributed by atoms with Gasteiger partial charge in [0.05, 0.1) is 12.0 Å². The van der Waals surface area contributed by atoms with Crippen molar-refractivity contribution in [2.75, 3.05) is 18.4 Å². The van der Waals surface area contributed by atoms with Crippen molar-refractivity contribution in [3.8, 4) is 16.9 Å². The van der Waals surface area contributed by atoms with Gasteiger partial charge in [0.25, 0.3) is 10.0 Å². The van der Waals surface area contributed by atoms with E-state index in [9.17, 15) is 13.2 Å². The summed E-state index contributed by atoms with van der Waals surface area (Å²) in [6.07, 6.45) is 1.97. The Kier molecular flexibility index (Phi) is 7.15. The number of fused-ring (bicyclic) bond motifs is 1. The maximum atomic E-state index is 13.0. The molecule has 0 bridgehead atoms. The molecule has 0 fully saturated rings. The number of anilines is 1. The van der Waals surface area contributed by atoms with Gasteiger partial charge in [0.15, 0.2) is 6.61 Å². The van der Waals surface area contributed by atoms with Gasteiger partial charge in [-0.05, 0) is 65.2 Å². The fourth-order valence-electron chi connectivity index (χ4n) is 4.16. The molecule has 1 N–H and O–H groups in total. The highest BCUT2D eigenvalue weighted by molar-refractivity contribution is 7.92. The third kappa shape index (κ3) is 5.71. The van der Waals surface area contributed by atoms with E-state index >= 15 is 0 Å². The van der Waals surface area contributed by atoms with Gasteiger partial charge < -0.3 is 14.0 Å². The standard InChI is InChI=1S/C30H26N2O5S/c1-36-30(33)21-37-27-12-7-22(8-13-27)20-32-18-17-25-19-26(11-16-29(25)32)31-38(34,35)28-14-9-24(10-15-28)23-5-3-2-4-6-23/h2-19,31H,20-21H2,1H3. The van der Waals surface area contributed by atoms with Crippen LogP contribution < -0.4 is 9.46 Å². The van der Waals surface area contributed by atoms with Crippen molar-refractivity contribution < 1.29 is 22.7 Å². The lowest BCUT2D eigenvalue weighted by atomic mass is 10.1. The van der Waals surface area contributed by atoms with E-state index in [0.717, 1.165) is 27.6 Å². The number of benzene rings is 4. The zero-order chi connectivity index (χ0) is 26.5. The lowest BCUT2D eigenvalue weighted by Crippen LogP contribution is -2.12. The summed E-state index contributed by atoms with van der Waals surface area (Å²) in [4.78, 5) is 11.4. The van der Waals surface area contributed by atoms with Crippen LogP contribution in [0.15, 0.2) is 114 Å². The van der Waals surface area contributed by atoms with Crippen molar-refractivity contribution in [1.82, 2.24) is 4.57 Å². The molecule has 0 saturated carbocycles. The molecule has 1 heterocycles. The van der Waals surface area contributed by atoms with Gasteiger partial charge in [-0.25, -0.2) is 13.2 Å². The van der Waals surface area contributed by atoms with Gasteiger partial charge in [0.2, 0.25) is 0 Å². The van der Waals surface area contributed by atoms with Crippen molar-refractivity contribution in [2.45, 2.75) is 11.4 Å². The molecule has 192 valence electrons.